The minimum Gasteiger partial charge on any atom is -0.273 e. The predicted octanol–water partition coefficient (Wildman–Crippen LogP) is 4.04. The van der Waals surface area contributed by atoms with Gasteiger partial charge < -0.3 is 0 Å². The van der Waals surface area contributed by atoms with Crippen LogP contribution < -0.4 is 9.80 Å². The predicted molar refractivity (Wildman–Crippen MR) is 100 cm³/mol. The fourth-order valence-electron chi connectivity index (χ4n) is 3.26. The maximum absolute atomic E-state index is 13.1. The third kappa shape index (κ3) is 2.54. The first-order valence-corrected chi connectivity index (χ1v) is 8.30. The number of hydrogen-bond donors (Lipinski definition) is 0. The lowest BCUT2D eigenvalue weighted by Gasteiger charge is -2.33. The summed E-state index contributed by atoms with van der Waals surface area (Å²) in [6, 6.07) is 19.4. The molecular weight excluding hydrogens is 328 g/mol. The van der Waals surface area contributed by atoms with Gasteiger partial charge in [-0.15, -0.1) is 0 Å². The monoisotopic (exact) mass is 344 g/mol. The van der Waals surface area contributed by atoms with Crippen molar-refractivity contribution in [1.29, 1.82) is 0 Å². The number of fused-ring (bicyclic) bond motifs is 1. The fraction of sp³-hybridized carbons (Fsp3) is 0.0952. The van der Waals surface area contributed by atoms with Crippen LogP contribution in [0.5, 0.6) is 0 Å². The second kappa shape index (κ2) is 6.11. The van der Waals surface area contributed by atoms with Crippen LogP contribution in [0.3, 0.4) is 0 Å². The molecule has 1 aliphatic heterocycles. The van der Waals surface area contributed by atoms with Gasteiger partial charge in [-0.3, -0.25) is 9.59 Å². The highest BCUT2D eigenvalue weighted by Crippen LogP contribution is 2.31. The summed E-state index contributed by atoms with van der Waals surface area (Å²) < 4.78 is 0. The van der Waals surface area contributed by atoms with Crippen LogP contribution in [0.15, 0.2) is 66.7 Å². The lowest BCUT2D eigenvalue weighted by molar-refractivity contribution is -0.126. The van der Waals surface area contributed by atoms with E-state index in [0.717, 1.165) is 26.1 Å². The highest BCUT2D eigenvalue weighted by Gasteiger charge is 2.40. The van der Waals surface area contributed by atoms with Crippen LogP contribution in [-0.4, -0.2) is 17.8 Å². The van der Waals surface area contributed by atoms with E-state index < -0.39 is 17.8 Å². The molecule has 0 aromatic heterocycles. The fourth-order valence-corrected chi connectivity index (χ4v) is 3.26. The van der Waals surface area contributed by atoms with E-state index in [4.69, 9.17) is 0 Å². The first-order valence-electron chi connectivity index (χ1n) is 8.30. The Morgan fingerprint density at radius 1 is 0.769 bits per heavy atom. The maximum atomic E-state index is 13.1. The van der Waals surface area contributed by atoms with E-state index in [-0.39, 0.29) is 6.42 Å². The van der Waals surface area contributed by atoms with E-state index in [1.54, 1.807) is 30.3 Å². The molecule has 0 bridgehead atoms. The van der Waals surface area contributed by atoms with Gasteiger partial charge in [0.05, 0.1) is 11.4 Å². The Bertz CT molecular complexity index is 1050. The number of aryl methyl sites for hydroxylation is 1. The number of anilines is 2. The molecule has 0 unspecified atom stereocenters. The van der Waals surface area contributed by atoms with Crippen molar-refractivity contribution in [1.82, 2.24) is 0 Å². The quantitative estimate of drug-likeness (QED) is 0.659. The highest BCUT2D eigenvalue weighted by atomic mass is 16.2. The van der Waals surface area contributed by atoms with Gasteiger partial charge >= 0.3 is 6.03 Å². The van der Waals surface area contributed by atoms with Gasteiger partial charge in [0.1, 0.15) is 6.42 Å². The molecule has 128 valence electrons. The SMILES string of the molecule is Cc1cccc(N2C(=O)CC(=O)N(c3cccc4ccccc34)C2=O)c1. The van der Waals surface area contributed by atoms with Crippen LogP contribution in [0, 0.1) is 6.92 Å². The van der Waals surface area contributed by atoms with Gasteiger partial charge in [-0.25, -0.2) is 14.6 Å². The molecule has 1 saturated heterocycles. The molecule has 1 heterocycles. The number of nitrogens with zero attached hydrogens (tertiary/aromatic N) is 2. The van der Waals surface area contributed by atoms with Crippen LogP contribution in [0.4, 0.5) is 16.2 Å². The van der Waals surface area contributed by atoms with E-state index in [9.17, 15) is 14.4 Å². The Labute approximate surface area is 150 Å². The summed E-state index contributed by atoms with van der Waals surface area (Å²) >= 11 is 0. The Morgan fingerprint density at radius 2 is 1.46 bits per heavy atom. The van der Waals surface area contributed by atoms with Gasteiger partial charge in [-0.1, -0.05) is 48.5 Å². The third-order valence-corrected chi connectivity index (χ3v) is 4.45. The molecule has 4 rings (SSSR count). The molecule has 0 saturated carbocycles. The lowest BCUT2D eigenvalue weighted by Crippen LogP contribution is -2.55. The van der Waals surface area contributed by atoms with Gasteiger partial charge in [0.2, 0.25) is 11.8 Å². The molecule has 1 fully saturated rings. The van der Waals surface area contributed by atoms with E-state index >= 15 is 0 Å². The Hall–Kier alpha value is -3.47. The van der Waals surface area contributed by atoms with Gasteiger partial charge in [-0.05, 0) is 36.1 Å². The van der Waals surface area contributed by atoms with Crippen molar-refractivity contribution in [3.63, 3.8) is 0 Å². The van der Waals surface area contributed by atoms with Crippen molar-refractivity contribution in [3.8, 4) is 0 Å². The van der Waals surface area contributed by atoms with Crippen molar-refractivity contribution in [2.45, 2.75) is 13.3 Å². The molecule has 1 aliphatic rings. The number of hydrogen-bond acceptors (Lipinski definition) is 3. The zero-order valence-electron chi connectivity index (χ0n) is 14.2. The Balaban J connectivity index is 1.84. The molecule has 0 aliphatic carbocycles. The molecular formula is C21H16N2O3. The minimum atomic E-state index is -0.645. The molecule has 26 heavy (non-hydrogen) atoms. The average molecular weight is 344 g/mol. The van der Waals surface area contributed by atoms with Crippen LogP contribution in [-0.2, 0) is 9.59 Å². The largest absolute Gasteiger partial charge is 0.342 e. The molecule has 3 aromatic carbocycles. The summed E-state index contributed by atoms with van der Waals surface area (Å²) in [5.41, 5.74) is 1.89. The Kier molecular flexibility index (Phi) is 3.77. The van der Waals surface area contributed by atoms with E-state index in [1.165, 1.54) is 0 Å². The zero-order chi connectivity index (χ0) is 18.3. The lowest BCUT2D eigenvalue weighted by atomic mass is 10.1. The van der Waals surface area contributed by atoms with Crippen molar-refractivity contribution in [2.24, 2.45) is 0 Å². The number of urea groups is 1. The summed E-state index contributed by atoms with van der Waals surface area (Å²) in [4.78, 5) is 40.3. The summed E-state index contributed by atoms with van der Waals surface area (Å²) in [6.07, 6.45) is -0.344. The molecule has 0 N–H and O–H groups in total. The van der Waals surface area contributed by atoms with Gasteiger partial charge in [0.25, 0.3) is 0 Å². The van der Waals surface area contributed by atoms with E-state index in [0.29, 0.717) is 11.4 Å². The number of barbiturate groups is 1. The normalized spacial score (nSPS) is 15.0. The van der Waals surface area contributed by atoms with Gasteiger partial charge in [0.15, 0.2) is 0 Å². The molecule has 5 heteroatoms. The number of benzene rings is 3. The number of imide groups is 2. The topological polar surface area (TPSA) is 57.7 Å². The summed E-state index contributed by atoms with van der Waals surface area (Å²) in [7, 11) is 0. The van der Waals surface area contributed by atoms with Crippen molar-refractivity contribution in [2.75, 3.05) is 9.80 Å². The van der Waals surface area contributed by atoms with Crippen LogP contribution in [0.25, 0.3) is 10.8 Å². The van der Waals surface area contributed by atoms with Crippen molar-refractivity contribution < 1.29 is 14.4 Å². The number of carbonyl (C=O) groups is 3. The van der Waals surface area contributed by atoms with Gasteiger partial charge in [-0.2, -0.15) is 0 Å². The molecule has 0 spiro atoms. The number of rotatable bonds is 2. The molecule has 0 radical (unpaired) electrons. The number of amides is 4. The van der Waals surface area contributed by atoms with E-state index in [1.807, 2.05) is 43.3 Å². The van der Waals surface area contributed by atoms with Crippen molar-refractivity contribution in [3.05, 3.63) is 72.3 Å². The summed E-state index contributed by atoms with van der Waals surface area (Å²) in [5, 5.41) is 1.71. The first kappa shape index (κ1) is 16.0. The standard InChI is InChI=1S/C21H16N2O3/c1-14-6-4-9-16(12-14)22-19(24)13-20(25)23(21(22)26)18-11-5-8-15-7-2-3-10-17(15)18/h2-12H,13H2,1H3. The maximum Gasteiger partial charge on any atom is 0.342 e. The van der Waals surface area contributed by atoms with Crippen molar-refractivity contribution >= 4 is 40.0 Å². The molecule has 5 nitrogen and oxygen atoms in total. The second-order valence-corrected chi connectivity index (χ2v) is 6.25. The minimum absolute atomic E-state index is 0.344. The highest BCUT2D eigenvalue weighted by molar-refractivity contribution is 6.36. The Morgan fingerprint density at radius 3 is 2.27 bits per heavy atom. The van der Waals surface area contributed by atoms with Crippen LogP contribution >= 0.6 is 0 Å². The van der Waals surface area contributed by atoms with E-state index in [2.05, 4.69) is 0 Å². The summed E-state index contributed by atoms with van der Waals surface area (Å²) in [6.45, 7) is 1.88. The van der Waals surface area contributed by atoms with Crippen LogP contribution in [0.1, 0.15) is 12.0 Å². The van der Waals surface area contributed by atoms with Gasteiger partial charge in [0, 0.05) is 5.39 Å². The molecule has 4 amide bonds. The summed E-state index contributed by atoms with van der Waals surface area (Å²) in [5.74, 6) is -1.03. The third-order valence-electron chi connectivity index (χ3n) is 4.45. The first-order chi connectivity index (χ1) is 12.6. The number of carbonyl (C=O) groups excluding carboxylic acids is 3. The second-order valence-electron chi connectivity index (χ2n) is 6.25. The molecule has 3 aromatic rings. The average Bonchev–Trinajstić information content (AvgIpc) is 2.61. The van der Waals surface area contributed by atoms with Crippen LogP contribution in [0.2, 0.25) is 0 Å². The molecule has 0 atom stereocenters. The smallest absolute Gasteiger partial charge is 0.273 e. The zero-order valence-corrected chi connectivity index (χ0v) is 14.2.